The van der Waals surface area contributed by atoms with E-state index in [9.17, 15) is 9.59 Å². The van der Waals surface area contributed by atoms with Crippen LogP contribution >= 0.6 is 0 Å². The van der Waals surface area contributed by atoms with Gasteiger partial charge in [-0.15, -0.1) is 0 Å². The number of rotatable bonds is 4. The van der Waals surface area contributed by atoms with Crippen molar-refractivity contribution in [2.75, 3.05) is 4.90 Å². The van der Waals surface area contributed by atoms with Crippen LogP contribution in [0.25, 0.3) is 0 Å². The van der Waals surface area contributed by atoms with Crippen molar-refractivity contribution in [2.24, 2.45) is 0 Å². The fourth-order valence-electron chi connectivity index (χ4n) is 3.01. The van der Waals surface area contributed by atoms with E-state index in [2.05, 4.69) is 10.4 Å². The Morgan fingerprint density at radius 2 is 2.08 bits per heavy atom. The van der Waals surface area contributed by atoms with E-state index in [1.807, 2.05) is 44.2 Å². The van der Waals surface area contributed by atoms with E-state index < -0.39 is 6.04 Å². The molecule has 1 aliphatic rings. The van der Waals surface area contributed by atoms with Crippen molar-refractivity contribution in [3.05, 3.63) is 47.2 Å². The highest BCUT2D eigenvalue weighted by atomic mass is 16.2. The van der Waals surface area contributed by atoms with Gasteiger partial charge in [-0.05, 0) is 31.9 Å². The van der Waals surface area contributed by atoms with Crippen molar-refractivity contribution >= 4 is 17.6 Å². The molecule has 2 amide bonds. The van der Waals surface area contributed by atoms with Gasteiger partial charge < -0.3 is 5.32 Å². The van der Waals surface area contributed by atoms with Crippen LogP contribution in [0.3, 0.4) is 0 Å². The summed E-state index contributed by atoms with van der Waals surface area (Å²) in [5, 5.41) is 7.31. The summed E-state index contributed by atoms with van der Waals surface area (Å²) in [7, 11) is 0. The molecule has 0 saturated carbocycles. The number of anilines is 1. The van der Waals surface area contributed by atoms with Crippen LogP contribution in [0.15, 0.2) is 30.3 Å². The summed E-state index contributed by atoms with van der Waals surface area (Å²) in [6, 6.07) is 9.21. The predicted molar refractivity (Wildman–Crippen MR) is 91.6 cm³/mol. The fourth-order valence-corrected chi connectivity index (χ4v) is 3.01. The molecule has 24 heavy (non-hydrogen) atoms. The first kappa shape index (κ1) is 16.2. The van der Waals surface area contributed by atoms with Gasteiger partial charge in [0.1, 0.15) is 11.9 Å². The van der Waals surface area contributed by atoms with E-state index in [1.54, 1.807) is 16.5 Å². The van der Waals surface area contributed by atoms with Gasteiger partial charge in [0.2, 0.25) is 11.8 Å². The maximum Gasteiger partial charge on any atom is 0.243 e. The summed E-state index contributed by atoms with van der Waals surface area (Å²) < 4.78 is 1.79. The number of carbonyl (C=O) groups is 2. The third kappa shape index (κ3) is 3.04. The highest BCUT2D eigenvalue weighted by Crippen LogP contribution is 2.24. The number of aryl methyl sites for hydroxylation is 3. The third-order valence-electron chi connectivity index (χ3n) is 4.41. The fraction of sp³-hybridized carbons (Fsp3) is 0.389. The maximum atomic E-state index is 12.6. The van der Waals surface area contributed by atoms with Gasteiger partial charge >= 0.3 is 0 Å². The zero-order valence-electron chi connectivity index (χ0n) is 14.2. The van der Waals surface area contributed by atoms with Crippen molar-refractivity contribution in [2.45, 2.75) is 46.3 Å². The number of nitrogens with zero attached hydrogens (tertiary/aromatic N) is 3. The van der Waals surface area contributed by atoms with Crippen molar-refractivity contribution in [1.29, 1.82) is 0 Å². The molecule has 0 bridgehead atoms. The van der Waals surface area contributed by atoms with Crippen molar-refractivity contribution < 1.29 is 9.59 Å². The van der Waals surface area contributed by atoms with Crippen LogP contribution in [0.1, 0.15) is 30.2 Å². The number of benzene rings is 1. The molecule has 1 N–H and O–H groups in total. The van der Waals surface area contributed by atoms with Crippen LogP contribution in [0, 0.1) is 13.8 Å². The number of amides is 2. The summed E-state index contributed by atoms with van der Waals surface area (Å²) in [6.45, 7) is 6.67. The molecule has 1 aromatic heterocycles. The molecule has 0 unspecified atom stereocenters. The number of hydrogen-bond donors (Lipinski definition) is 1. The van der Waals surface area contributed by atoms with Crippen molar-refractivity contribution in [1.82, 2.24) is 15.1 Å². The molecule has 1 atom stereocenters. The van der Waals surface area contributed by atoms with Crippen LogP contribution in [0.4, 0.5) is 5.82 Å². The number of hydrogen-bond acceptors (Lipinski definition) is 3. The Labute approximate surface area is 141 Å². The predicted octanol–water partition coefficient (Wildman–Crippen LogP) is 1.94. The Balaban J connectivity index is 1.73. The minimum Gasteiger partial charge on any atom is -0.350 e. The van der Waals surface area contributed by atoms with Crippen LogP contribution < -0.4 is 10.2 Å². The van der Waals surface area contributed by atoms with Crippen molar-refractivity contribution in [3.8, 4) is 0 Å². The Hall–Kier alpha value is -2.63. The highest BCUT2D eigenvalue weighted by molar-refractivity contribution is 6.00. The van der Waals surface area contributed by atoms with E-state index >= 15 is 0 Å². The molecule has 6 nitrogen and oxygen atoms in total. The lowest BCUT2D eigenvalue weighted by Crippen LogP contribution is -2.50. The summed E-state index contributed by atoms with van der Waals surface area (Å²) in [4.78, 5) is 26.5. The second kappa shape index (κ2) is 6.47. The first-order chi connectivity index (χ1) is 11.5. The first-order valence-electron chi connectivity index (χ1n) is 8.16. The van der Waals surface area contributed by atoms with Gasteiger partial charge in [-0.1, -0.05) is 24.3 Å². The molecule has 2 heterocycles. The maximum absolute atomic E-state index is 12.6. The smallest absolute Gasteiger partial charge is 0.243 e. The quantitative estimate of drug-likeness (QED) is 0.934. The zero-order chi connectivity index (χ0) is 17.3. The average Bonchev–Trinajstić information content (AvgIpc) is 2.93. The second-order valence-corrected chi connectivity index (χ2v) is 6.20. The van der Waals surface area contributed by atoms with E-state index in [4.69, 9.17) is 0 Å². The molecule has 1 aromatic carbocycles. The lowest BCUT2D eigenvalue weighted by molar-refractivity contribution is -0.126. The van der Waals surface area contributed by atoms with Gasteiger partial charge in [-0.25, -0.2) is 4.68 Å². The summed E-state index contributed by atoms with van der Waals surface area (Å²) >= 11 is 0. The third-order valence-corrected chi connectivity index (χ3v) is 4.41. The highest BCUT2D eigenvalue weighted by Gasteiger charge is 2.32. The Morgan fingerprint density at radius 3 is 2.83 bits per heavy atom. The lowest BCUT2D eigenvalue weighted by atomic mass is 10.1. The molecular formula is C18H22N4O2. The van der Waals surface area contributed by atoms with Gasteiger partial charge in [0, 0.05) is 19.0 Å². The summed E-state index contributed by atoms with van der Waals surface area (Å²) in [5.41, 5.74) is 3.05. The van der Waals surface area contributed by atoms with Crippen LogP contribution in [0.2, 0.25) is 0 Å². The molecule has 0 radical (unpaired) electrons. The molecule has 1 aliphatic heterocycles. The molecule has 0 saturated heterocycles. The SMILES string of the molecule is Cc1cc2n(n1)CCC(=O)N2[C@H](C)C(=O)NCc1ccccc1C. The Morgan fingerprint density at radius 1 is 1.33 bits per heavy atom. The molecule has 126 valence electrons. The monoisotopic (exact) mass is 326 g/mol. The van der Waals surface area contributed by atoms with Gasteiger partial charge in [-0.3, -0.25) is 14.5 Å². The number of carbonyl (C=O) groups excluding carboxylic acids is 2. The van der Waals surface area contributed by atoms with Crippen molar-refractivity contribution in [3.63, 3.8) is 0 Å². The Bertz CT molecular complexity index is 781. The molecule has 0 fully saturated rings. The first-order valence-corrected chi connectivity index (χ1v) is 8.16. The molecule has 0 aliphatic carbocycles. The number of fused-ring (bicyclic) bond motifs is 1. The van der Waals surface area contributed by atoms with Crippen LogP contribution in [-0.2, 0) is 22.7 Å². The Kier molecular flexibility index (Phi) is 4.38. The zero-order valence-corrected chi connectivity index (χ0v) is 14.2. The number of nitrogens with one attached hydrogen (secondary N) is 1. The van der Waals surface area contributed by atoms with E-state index in [-0.39, 0.29) is 11.8 Å². The van der Waals surface area contributed by atoms with Gasteiger partial charge in [0.25, 0.3) is 0 Å². The van der Waals surface area contributed by atoms with Gasteiger partial charge in [-0.2, -0.15) is 5.10 Å². The molecule has 2 aromatic rings. The van der Waals surface area contributed by atoms with Gasteiger partial charge in [0.05, 0.1) is 12.2 Å². The standard InChI is InChI=1S/C18H22N4O2/c1-12-6-4-5-7-15(12)11-19-18(24)14(3)22-16-10-13(2)20-21(16)9-8-17(22)23/h4-7,10,14H,8-9,11H2,1-3H3,(H,19,24)/t14-/m1/s1. The molecule has 0 spiro atoms. The minimum atomic E-state index is -0.573. The van der Waals surface area contributed by atoms with Crippen LogP contribution in [0.5, 0.6) is 0 Å². The van der Waals surface area contributed by atoms with E-state index in [1.165, 1.54) is 0 Å². The summed E-state index contributed by atoms with van der Waals surface area (Å²) in [6.07, 6.45) is 0.365. The summed E-state index contributed by atoms with van der Waals surface area (Å²) in [5.74, 6) is 0.488. The topological polar surface area (TPSA) is 67.2 Å². The molecular weight excluding hydrogens is 304 g/mol. The minimum absolute atomic E-state index is 0.0408. The lowest BCUT2D eigenvalue weighted by Gasteiger charge is -2.31. The molecule has 6 heteroatoms. The normalized spacial score (nSPS) is 15.1. The van der Waals surface area contributed by atoms with E-state index in [0.29, 0.717) is 25.3 Å². The average molecular weight is 326 g/mol. The molecule has 3 rings (SSSR count). The van der Waals surface area contributed by atoms with Gasteiger partial charge in [0.15, 0.2) is 0 Å². The number of aromatic nitrogens is 2. The largest absolute Gasteiger partial charge is 0.350 e. The second-order valence-electron chi connectivity index (χ2n) is 6.20. The van der Waals surface area contributed by atoms with Crippen LogP contribution in [-0.4, -0.2) is 27.6 Å². The van der Waals surface area contributed by atoms with E-state index in [0.717, 1.165) is 16.8 Å².